The summed E-state index contributed by atoms with van der Waals surface area (Å²) in [5, 5.41) is 3.93. The lowest BCUT2D eigenvalue weighted by atomic mass is 10.1. The molecule has 1 N–H and O–H groups in total. The Hall–Kier alpha value is -1.13. The molecule has 0 saturated carbocycles. The van der Waals surface area contributed by atoms with Gasteiger partial charge in [-0.05, 0) is 34.5 Å². The van der Waals surface area contributed by atoms with Crippen LogP contribution in [0.2, 0.25) is 5.02 Å². The number of nitrogens with one attached hydrogen (secondary N) is 1. The van der Waals surface area contributed by atoms with E-state index in [-0.39, 0.29) is 0 Å². The topological polar surface area (TPSA) is 37.8 Å². The Morgan fingerprint density at radius 2 is 2.06 bits per heavy atom. The Balaban J connectivity index is 2.39. The zero-order valence-electron chi connectivity index (χ0n) is 9.95. The van der Waals surface area contributed by atoms with E-state index in [9.17, 15) is 0 Å². The normalized spacial score (nSPS) is 10.4. The number of nitrogens with zero attached hydrogens (tertiary/aromatic N) is 2. The van der Waals surface area contributed by atoms with Crippen LogP contribution in [0, 0.1) is 0 Å². The first-order chi connectivity index (χ1) is 8.72. The van der Waals surface area contributed by atoms with Gasteiger partial charge in [-0.25, -0.2) is 4.98 Å². The number of rotatable bonds is 4. The fourth-order valence-corrected chi connectivity index (χ4v) is 1.99. The highest BCUT2D eigenvalue weighted by molar-refractivity contribution is 9.10. The van der Waals surface area contributed by atoms with Gasteiger partial charge < -0.3 is 5.32 Å². The third kappa shape index (κ3) is 3.00. The molecular weight excluding hydrogens is 314 g/mol. The molecule has 0 aliphatic carbocycles. The number of hydrogen-bond donors (Lipinski definition) is 1. The Labute approximate surface area is 120 Å². The van der Waals surface area contributed by atoms with Crippen LogP contribution in [0.3, 0.4) is 0 Å². The summed E-state index contributed by atoms with van der Waals surface area (Å²) in [5.74, 6) is 0.790. The molecule has 0 aliphatic rings. The molecule has 1 heterocycles. The van der Waals surface area contributed by atoms with Crippen LogP contribution in [0.1, 0.15) is 13.3 Å². The lowest BCUT2D eigenvalue weighted by Gasteiger charge is -2.09. The van der Waals surface area contributed by atoms with Gasteiger partial charge >= 0.3 is 0 Å². The van der Waals surface area contributed by atoms with Crippen LogP contribution in [0.15, 0.2) is 35.1 Å². The number of hydrogen-bond acceptors (Lipinski definition) is 3. The van der Waals surface area contributed by atoms with Crippen molar-refractivity contribution in [2.45, 2.75) is 13.3 Å². The van der Waals surface area contributed by atoms with Gasteiger partial charge in [-0.15, -0.1) is 0 Å². The average Bonchev–Trinajstić information content (AvgIpc) is 2.40. The fraction of sp³-hybridized carbons (Fsp3) is 0.231. The molecule has 0 fully saturated rings. The highest BCUT2D eigenvalue weighted by Crippen LogP contribution is 2.30. The maximum Gasteiger partial charge on any atom is 0.152 e. The number of benzene rings is 1. The highest BCUT2D eigenvalue weighted by atomic mass is 79.9. The second-order valence-corrected chi connectivity index (χ2v) is 5.07. The molecule has 0 atom stereocenters. The molecule has 3 nitrogen and oxygen atoms in total. The maximum absolute atomic E-state index is 6.10. The van der Waals surface area contributed by atoms with Crippen LogP contribution in [-0.2, 0) is 0 Å². The van der Waals surface area contributed by atoms with Crippen molar-refractivity contribution in [1.29, 1.82) is 0 Å². The van der Waals surface area contributed by atoms with Gasteiger partial charge in [0.2, 0.25) is 0 Å². The molecular formula is C13H13BrClN3. The molecule has 5 heteroatoms. The predicted octanol–water partition coefficient (Wildman–Crippen LogP) is 4.38. The van der Waals surface area contributed by atoms with Gasteiger partial charge in [0, 0.05) is 29.0 Å². The highest BCUT2D eigenvalue weighted by Gasteiger charge is 2.08. The summed E-state index contributed by atoms with van der Waals surface area (Å²) in [5.41, 5.74) is 1.77. The first kappa shape index (κ1) is 13.3. The molecule has 1 aromatic carbocycles. The van der Waals surface area contributed by atoms with Crippen molar-refractivity contribution in [2.75, 3.05) is 11.9 Å². The monoisotopic (exact) mass is 325 g/mol. The molecule has 0 radical (unpaired) electrons. The van der Waals surface area contributed by atoms with Crippen LogP contribution in [0.4, 0.5) is 5.82 Å². The van der Waals surface area contributed by atoms with Crippen LogP contribution in [-0.4, -0.2) is 16.5 Å². The summed E-state index contributed by atoms with van der Waals surface area (Å²) < 4.78 is 0.875. The summed E-state index contributed by atoms with van der Waals surface area (Å²) in [6.45, 7) is 2.98. The lowest BCUT2D eigenvalue weighted by molar-refractivity contribution is 0.966. The summed E-state index contributed by atoms with van der Waals surface area (Å²) >= 11 is 9.48. The minimum absolute atomic E-state index is 0.666. The Kier molecular flexibility index (Phi) is 4.55. The van der Waals surface area contributed by atoms with Gasteiger partial charge in [-0.2, -0.15) is 0 Å². The maximum atomic E-state index is 6.10. The molecule has 0 amide bonds. The quantitative estimate of drug-likeness (QED) is 0.906. The summed E-state index contributed by atoms with van der Waals surface area (Å²) in [4.78, 5) is 8.69. The van der Waals surface area contributed by atoms with Crippen LogP contribution >= 0.6 is 27.5 Å². The Bertz CT molecular complexity index is 546. The second kappa shape index (κ2) is 6.16. The molecule has 0 unspecified atom stereocenters. The van der Waals surface area contributed by atoms with E-state index >= 15 is 0 Å². The van der Waals surface area contributed by atoms with E-state index in [1.54, 1.807) is 12.4 Å². The van der Waals surface area contributed by atoms with Gasteiger partial charge in [-0.3, -0.25) is 4.98 Å². The molecule has 94 valence electrons. The minimum Gasteiger partial charge on any atom is -0.368 e. The molecule has 0 saturated heterocycles. The smallest absolute Gasteiger partial charge is 0.152 e. The summed E-state index contributed by atoms with van der Waals surface area (Å²) in [6.07, 6.45) is 4.40. The van der Waals surface area contributed by atoms with Crippen molar-refractivity contribution < 1.29 is 0 Å². The number of anilines is 1. The average molecular weight is 327 g/mol. The first-order valence-electron chi connectivity index (χ1n) is 5.72. The number of halogens is 2. The van der Waals surface area contributed by atoms with Gasteiger partial charge in [0.1, 0.15) is 5.69 Å². The van der Waals surface area contributed by atoms with E-state index in [4.69, 9.17) is 11.6 Å². The predicted molar refractivity (Wildman–Crippen MR) is 79.0 cm³/mol. The zero-order chi connectivity index (χ0) is 13.0. The van der Waals surface area contributed by atoms with E-state index < -0.39 is 0 Å². The van der Waals surface area contributed by atoms with Gasteiger partial charge in [-0.1, -0.05) is 24.6 Å². The van der Waals surface area contributed by atoms with Gasteiger partial charge in [0.05, 0.1) is 5.02 Å². The van der Waals surface area contributed by atoms with Crippen molar-refractivity contribution >= 4 is 33.3 Å². The molecule has 1 aromatic heterocycles. The molecule has 0 bridgehead atoms. The van der Waals surface area contributed by atoms with E-state index in [1.165, 1.54) is 0 Å². The molecule has 2 rings (SSSR count). The van der Waals surface area contributed by atoms with E-state index in [0.29, 0.717) is 5.02 Å². The van der Waals surface area contributed by atoms with Crippen LogP contribution in [0.25, 0.3) is 11.3 Å². The molecule has 0 spiro atoms. The largest absolute Gasteiger partial charge is 0.368 e. The van der Waals surface area contributed by atoms with E-state index in [0.717, 1.165) is 34.5 Å². The number of aromatic nitrogens is 2. The molecule has 0 aliphatic heterocycles. The fourth-order valence-electron chi connectivity index (χ4n) is 1.57. The van der Waals surface area contributed by atoms with Crippen molar-refractivity contribution in [3.63, 3.8) is 0 Å². The third-order valence-electron chi connectivity index (χ3n) is 2.43. The Morgan fingerprint density at radius 3 is 2.78 bits per heavy atom. The first-order valence-corrected chi connectivity index (χ1v) is 6.89. The standard InChI is InChI=1S/C13H13BrClN3/c1-2-5-17-13-12(16-6-7-18-13)9-3-4-10(14)11(15)8-9/h3-4,6-8H,2,5H2,1H3,(H,17,18). The van der Waals surface area contributed by atoms with Crippen molar-refractivity contribution in [2.24, 2.45) is 0 Å². The van der Waals surface area contributed by atoms with Crippen LogP contribution in [0.5, 0.6) is 0 Å². The van der Waals surface area contributed by atoms with Crippen molar-refractivity contribution in [1.82, 2.24) is 9.97 Å². The molecule has 2 aromatic rings. The third-order valence-corrected chi connectivity index (χ3v) is 3.67. The van der Waals surface area contributed by atoms with Gasteiger partial charge in [0.15, 0.2) is 5.82 Å². The minimum atomic E-state index is 0.666. The van der Waals surface area contributed by atoms with E-state index in [2.05, 4.69) is 38.1 Å². The van der Waals surface area contributed by atoms with Crippen LogP contribution < -0.4 is 5.32 Å². The summed E-state index contributed by atoms with van der Waals surface area (Å²) in [6, 6.07) is 5.76. The van der Waals surface area contributed by atoms with Gasteiger partial charge in [0.25, 0.3) is 0 Å². The van der Waals surface area contributed by atoms with Crippen molar-refractivity contribution in [3.8, 4) is 11.3 Å². The molecule has 18 heavy (non-hydrogen) atoms. The zero-order valence-corrected chi connectivity index (χ0v) is 12.3. The second-order valence-electron chi connectivity index (χ2n) is 3.81. The van der Waals surface area contributed by atoms with Crippen molar-refractivity contribution in [3.05, 3.63) is 40.1 Å². The lowest BCUT2D eigenvalue weighted by Crippen LogP contribution is -2.04. The van der Waals surface area contributed by atoms with E-state index in [1.807, 2.05) is 18.2 Å². The SMILES string of the molecule is CCCNc1nccnc1-c1ccc(Br)c(Cl)c1. The Morgan fingerprint density at radius 1 is 1.28 bits per heavy atom. The summed E-state index contributed by atoms with van der Waals surface area (Å²) in [7, 11) is 0.